The molecule has 0 aromatic carbocycles. The third-order valence-corrected chi connectivity index (χ3v) is 1.56. The van der Waals surface area contributed by atoms with Crippen LogP contribution in [0.5, 0.6) is 0 Å². The lowest BCUT2D eigenvalue weighted by Gasteiger charge is -2.16. The average Bonchev–Trinajstić information content (AvgIpc) is 2.56. The lowest BCUT2D eigenvalue weighted by atomic mass is 10.4. The van der Waals surface area contributed by atoms with Gasteiger partial charge in [0.25, 0.3) is 0 Å². The fourth-order valence-electron chi connectivity index (χ4n) is 0.677. The van der Waals surface area contributed by atoms with E-state index in [4.69, 9.17) is 10.2 Å². The second-order valence-electron chi connectivity index (χ2n) is 2.98. The minimum absolute atomic E-state index is 0.176. The first-order valence-electron chi connectivity index (χ1n) is 4.27. The molecule has 5 nitrogen and oxygen atoms in total. The van der Waals surface area contributed by atoms with E-state index in [1.54, 1.807) is 18.2 Å². The molecule has 2 N–H and O–H groups in total. The summed E-state index contributed by atoms with van der Waals surface area (Å²) in [7, 11) is 0. The number of aliphatic hydroxyl groups is 1. The Hall–Kier alpha value is -1.36. The summed E-state index contributed by atoms with van der Waals surface area (Å²) in [6.07, 6.45) is 1.31. The van der Waals surface area contributed by atoms with Gasteiger partial charge in [-0.3, -0.25) is 4.99 Å². The molecule has 5 heteroatoms. The highest BCUT2D eigenvalue weighted by Crippen LogP contribution is 1.96. The standard InChI is InChI=1S/C5H10N2O.C4H6O2/c1-5(8)7-3-2-6-4-7;1-3(2)4(5)6/h4-5,8H,2-3H2,1H3;1H2,2H3,(H,5,6). The summed E-state index contributed by atoms with van der Waals surface area (Å²) < 4.78 is 0. The maximum Gasteiger partial charge on any atom is 0.330 e. The van der Waals surface area contributed by atoms with Crippen molar-refractivity contribution in [3.05, 3.63) is 12.2 Å². The third kappa shape index (κ3) is 5.31. The van der Waals surface area contributed by atoms with Crippen molar-refractivity contribution in [3.8, 4) is 0 Å². The van der Waals surface area contributed by atoms with Gasteiger partial charge in [0.15, 0.2) is 0 Å². The number of aliphatic imine (C=N–C) groups is 1. The van der Waals surface area contributed by atoms with Crippen LogP contribution in [0.15, 0.2) is 17.1 Å². The Morgan fingerprint density at radius 3 is 2.36 bits per heavy atom. The molecule has 1 unspecified atom stereocenters. The summed E-state index contributed by atoms with van der Waals surface area (Å²) in [5, 5.41) is 16.8. The highest BCUT2D eigenvalue weighted by atomic mass is 16.4. The van der Waals surface area contributed by atoms with Crippen LogP contribution in [-0.2, 0) is 4.79 Å². The summed E-state index contributed by atoms with van der Waals surface area (Å²) in [5.41, 5.74) is 0.176. The summed E-state index contributed by atoms with van der Waals surface area (Å²) in [6, 6.07) is 0. The van der Waals surface area contributed by atoms with E-state index < -0.39 is 5.97 Å². The molecule has 0 aromatic rings. The number of aliphatic hydroxyl groups excluding tert-OH is 1. The van der Waals surface area contributed by atoms with Crippen molar-refractivity contribution in [1.82, 2.24) is 4.90 Å². The molecule has 0 amide bonds. The number of carboxylic acids is 1. The molecular weight excluding hydrogens is 184 g/mol. The predicted molar refractivity (Wildman–Crippen MR) is 54.2 cm³/mol. The van der Waals surface area contributed by atoms with E-state index in [1.807, 2.05) is 0 Å². The Morgan fingerprint density at radius 1 is 1.71 bits per heavy atom. The van der Waals surface area contributed by atoms with Crippen molar-refractivity contribution in [2.45, 2.75) is 20.1 Å². The average molecular weight is 200 g/mol. The molecule has 0 fully saturated rings. The van der Waals surface area contributed by atoms with Crippen molar-refractivity contribution in [3.63, 3.8) is 0 Å². The van der Waals surface area contributed by atoms with Gasteiger partial charge in [-0.05, 0) is 13.8 Å². The van der Waals surface area contributed by atoms with Gasteiger partial charge in [-0.2, -0.15) is 0 Å². The van der Waals surface area contributed by atoms with Crippen LogP contribution in [0.3, 0.4) is 0 Å². The van der Waals surface area contributed by atoms with E-state index in [0.717, 1.165) is 13.1 Å². The molecule has 1 aliphatic heterocycles. The fraction of sp³-hybridized carbons (Fsp3) is 0.556. The molecule has 0 spiro atoms. The summed E-state index contributed by atoms with van der Waals surface area (Å²) >= 11 is 0. The zero-order valence-corrected chi connectivity index (χ0v) is 8.47. The molecule has 1 aliphatic rings. The molecule has 1 heterocycles. The summed E-state index contributed by atoms with van der Waals surface area (Å²) in [5.74, 6) is -0.935. The molecule has 0 saturated carbocycles. The van der Waals surface area contributed by atoms with Crippen molar-refractivity contribution in [1.29, 1.82) is 0 Å². The number of hydrogen-bond acceptors (Lipinski definition) is 4. The van der Waals surface area contributed by atoms with Gasteiger partial charge in [0.1, 0.15) is 6.23 Å². The van der Waals surface area contributed by atoms with Crippen LogP contribution in [-0.4, -0.2) is 46.7 Å². The van der Waals surface area contributed by atoms with Gasteiger partial charge in [0.05, 0.1) is 12.9 Å². The normalized spacial score (nSPS) is 15.8. The van der Waals surface area contributed by atoms with Crippen LogP contribution < -0.4 is 0 Å². The van der Waals surface area contributed by atoms with E-state index in [9.17, 15) is 4.79 Å². The van der Waals surface area contributed by atoms with Crippen LogP contribution in [0, 0.1) is 0 Å². The molecule has 14 heavy (non-hydrogen) atoms. The quantitative estimate of drug-likeness (QED) is 0.629. The van der Waals surface area contributed by atoms with E-state index in [-0.39, 0.29) is 11.8 Å². The highest BCUT2D eigenvalue weighted by molar-refractivity contribution is 5.84. The van der Waals surface area contributed by atoms with Gasteiger partial charge in [0, 0.05) is 12.1 Å². The van der Waals surface area contributed by atoms with Gasteiger partial charge >= 0.3 is 5.97 Å². The van der Waals surface area contributed by atoms with E-state index >= 15 is 0 Å². The van der Waals surface area contributed by atoms with Gasteiger partial charge in [0.2, 0.25) is 0 Å². The molecule has 1 atom stereocenters. The van der Waals surface area contributed by atoms with Crippen LogP contribution >= 0.6 is 0 Å². The van der Waals surface area contributed by atoms with Crippen molar-refractivity contribution in [2.75, 3.05) is 13.1 Å². The zero-order chi connectivity index (χ0) is 11.1. The Labute approximate surface area is 83.4 Å². The SMILES string of the molecule is C=C(C)C(=O)O.CC(O)N1C=NCC1. The smallest absolute Gasteiger partial charge is 0.330 e. The van der Waals surface area contributed by atoms with Crippen molar-refractivity contribution in [2.24, 2.45) is 4.99 Å². The van der Waals surface area contributed by atoms with Gasteiger partial charge in [-0.15, -0.1) is 0 Å². The van der Waals surface area contributed by atoms with E-state index in [0.29, 0.717) is 0 Å². The van der Waals surface area contributed by atoms with Crippen LogP contribution in [0.2, 0.25) is 0 Å². The van der Waals surface area contributed by atoms with Crippen LogP contribution in [0.4, 0.5) is 0 Å². The van der Waals surface area contributed by atoms with Crippen molar-refractivity contribution >= 4 is 12.3 Å². The van der Waals surface area contributed by atoms with E-state index in [2.05, 4.69) is 11.6 Å². The number of carboxylic acid groups (broad SMARTS) is 1. The fourth-order valence-corrected chi connectivity index (χ4v) is 0.677. The zero-order valence-electron chi connectivity index (χ0n) is 8.47. The number of aliphatic carboxylic acids is 1. The predicted octanol–water partition coefficient (Wildman–Crippen LogP) is 0.316. The number of nitrogens with zero attached hydrogens (tertiary/aromatic N) is 2. The Bertz CT molecular complexity index is 224. The molecule has 1 rings (SSSR count). The topological polar surface area (TPSA) is 73.1 Å². The summed E-state index contributed by atoms with van der Waals surface area (Å²) in [4.78, 5) is 15.3. The second kappa shape index (κ2) is 6.15. The Balaban J connectivity index is 0.000000255. The Morgan fingerprint density at radius 2 is 2.21 bits per heavy atom. The van der Waals surface area contributed by atoms with Gasteiger partial charge < -0.3 is 15.1 Å². The van der Waals surface area contributed by atoms with Gasteiger partial charge in [-0.1, -0.05) is 6.58 Å². The molecule has 80 valence electrons. The molecule has 0 aliphatic carbocycles. The Kier molecular flexibility index (Phi) is 5.55. The highest BCUT2D eigenvalue weighted by Gasteiger charge is 2.08. The maximum atomic E-state index is 9.60. The van der Waals surface area contributed by atoms with Crippen LogP contribution in [0.25, 0.3) is 0 Å². The lowest BCUT2D eigenvalue weighted by molar-refractivity contribution is -0.132. The third-order valence-electron chi connectivity index (χ3n) is 1.56. The van der Waals surface area contributed by atoms with E-state index in [1.165, 1.54) is 6.92 Å². The lowest BCUT2D eigenvalue weighted by Crippen LogP contribution is -2.29. The molecule has 0 saturated heterocycles. The van der Waals surface area contributed by atoms with Gasteiger partial charge in [-0.25, -0.2) is 4.79 Å². The minimum atomic E-state index is -0.935. The first-order chi connectivity index (χ1) is 6.45. The molecule has 0 bridgehead atoms. The number of carbonyl (C=O) groups is 1. The number of rotatable bonds is 2. The first kappa shape index (κ1) is 12.6. The molecule has 0 aromatic heterocycles. The monoisotopic (exact) mass is 200 g/mol. The van der Waals surface area contributed by atoms with Crippen LogP contribution in [0.1, 0.15) is 13.8 Å². The summed E-state index contributed by atoms with van der Waals surface area (Å²) in [6.45, 7) is 8.02. The molecule has 0 radical (unpaired) electrons. The molecular formula is C9H16N2O3. The maximum absolute atomic E-state index is 9.60. The minimum Gasteiger partial charge on any atom is -0.478 e. The number of hydrogen-bond donors (Lipinski definition) is 2. The second-order valence-corrected chi connectivity index (χ2v) is 2.98. The van der Waals surface area contributed by atoms with Crippen molar-refractivity contribution < 1.29 is 15.0 Å². The first-order valence-corrected chi connectivity index (χ1v) is 4.27. The largest absolute Gasteiger partial charge is 0.478 e.